The van der Waals surface area contributed by atoms with Gasteiger partial charge < -0.3 is 20.1 Å². The Bertz CT molecular complexity index is 1330. The van der Waals surface area contributed by atoms with E-state index in [9.17, 15) is 29.3 Å². The van der Waals surface area contributed by atoms with Crippen molar-refractivity contribution in [3.8, 4) is 0 Å². The van der Waals surface area contributed by atoms with Crippen molar-refractivity contribution in [2.24, 2.45) is 5.92 Å². The number of nitrogens with one attached hydrogen (secondary N) is 2. The fraction of sp³-hybridized carbons (Fsp3) is 0.533. The van der Waals surface area contributed by atoms with Crippen molar-refractivity contribution in [1.82, 2.24) is 15.5 Å². The maximum atomic E-state index is 14.0. The summed E-state index contributed by atoms with van der Waals surface area (Å²) in [6.45, 7) is 16.9. The summed E-state index contributed by atoms with van der Waals surface area (Å²) in [5, 5.41) is 17.4. The highest BCUT2D eigenvalue weighted by molar-refractivity contribution is 6.08. The van der Waals surface area contributed by atoms with Gasteiger partial charge >= 0.3 is 12.1 Å². The number of nitrogens with zero attached hydrogens (tertiary/aromatic N) is 2. The monoisotopic (exact) mass is 586 g/mol. The molecule has 0 radical (unpaired) electrons. The Labute approximate surface area is 246 Å². The van der Waals surface area contributed by atoms with Crippen LogP contribution in [0.4, 0.5) is 10.5 Å². The summed E-state index contributed by atoms with van der Waals surface area (Å²) < 4.78 is 10.9. The zero-order valence-electron chi connectivity index (χ0n) is 26.2. The topological polar surface area (TPSA) is 157 Å². The van der Waals surface area contributed by atoms with E-state index in [0.717, 1.165) is 4.90 Å². The number of rotatable bonds is 7. The number of imide groups is 1. The van der Waals surface area contributed by atoms with E-state index in [4.69, 9.17) is 9.47 Å². The van der Waals surface area contributed by atoms with Crippen molar-refractivity contribution in [2.45, 2.75) is 92.4 Å². The number of amides is 3. The van der Waals surface area contributed by atoms with Crippen LogP contribution < -0.4 is 10.6 Å². The Morgan fingerprint density at radius 2 is 1.52 bits per heavy atom. The van der Waals surface area contributed by atoms with E-state index in [0.29, 0.717) is 11.4 Å². The maximum absolute atomic E-state index is 14.0. The molecule has 1 aliphatic heterocycles. The van der Waals surface area contributed by atoms with Crippen LogP contribution in [-0.4, -0.2) is 58.0 Å². The lowest BCUT2D eigenvalue weighted by molar-refractivity contribution is -0.384. The lowest BCUT2D eigenvalue weighted by Gasteiger charge is -2.34. The van der Waals surface area contributed by atoms with Crippen molar-refractivity contribution in [1.29, 1.82) is 0 Å². The van der Waals surface area contributed by atoms with Gasteiger partial charge in [0.15, 0.2) is 0 Å². The Morgan fingerprint density at radius 1 is 0.976 bits per heavy atom. The molecule has 2 N–H and O–H groups in total. The number of benzene rings is 1. The fourth-order valence-corrected chi connectivity index (χ4v) is 4.41. The predicted octanol–water partition coefficient (Wildman–Crippen LogP) is 4.71. The van der Waals surface area contributed by atoms with Crippen molar-refractivity contribution < 1.29 is 33.6 Å². The van der Waals surface area contributed by atoms with Crippen LogP contribution in [0.3, 0.4) is 0 Å². The number of nitro groups is 1. The Balaban J connectivity index is 2.68. The molecule has 1 unspecified atom stereocenters. The number of ether oxygens (including phenoxy) is 2. The van der Waals surface area contributed by atoms with E-state index in [1.54, 1.807) is 75.3 Å². The van der Waals surface area contributed by atoms with Crippen LogP contribution >= 0.6 is 0 Å². The largest absolute Gasteiger partial charge is 0.458 e. The molecule has 1 aromatic carbocycles. The van der Waals surface area contributed by atoms with Gasteiger partial charge in [-0.2, -0.15) is 0 Å². The third-order valence-electron chi connectivity index (χ3n) is 6.24. The minimum Gasteiger partial charge on any atom is -0.458 e. The van der Waals surface area contributed by atoms with Gasteiger partial charge in [0.1, 0.15) is 17.2 Å². The normalized spacial score (nSPS) is 16.4. The molecule has 12 nitrogen and oxygen atoms in total. The number of esters is 1. The molecule has 2 rings (SSSR count). The number of non-ortho nitro benzene ring substituents is 1. The zero-order chi connectivity index (χ0) is 32.3. The van der Waals surface area contributed by atoms with E-state index >= 15 is 0 Å². The maximum Gasteiger partial charge on any atom is 0.417 e. The lowest BCUT2D eigenvalue weighted by Crippen LogP contribution is -2.49. The molecule has 1 heterocycles. The molecule has 0 saturated carbocycles. The molecular formula is C30H42N4O8. The van der Waals surface area contributed by atoms with E-state index in [1.165, 1.54) is 25.2 Å². The van der Waals surface area contributed by atoms with Crippen LogP contribution in [0.5, 0.6) is 0 Å². The van der Waals surface area contributed by atoms with Gasteiger partial charge in [-0.05, 0) is 66.9 Å². The van der Waals surface area contributed by atoms with Gasteiger partial charge in [0, 0.05) is 47.6 Å². The van der Waals surface area contributed by atoms with Crippen molar-refractivity contribution >= 4 is 29.6 Å². The highest BCUT2D eigenvalue weighted by Gasteiger charge is 2.41. The van der Waals surface area contributed by atoms with Gasteiger partial charge in [0.2, 0.25) is 0 Å². The molecule has 0 fully saturated rings. The zero-order valence-corrected chi connectivity index (χ0v) is 26.2. The van der Waals surface area contributed by atoms with E-state index < -0.39 is 52.0 Å². The average molecular weight is 587 g/mol. The van der Waals surface area contributed by atoms with Gasteiger partial charge in [0.05, 0.1) is 4.92 Å². The lowest BCUT2D eigenvalue weighted by atomic mass is 9.79. The van der Waals surface area contributed by atoms with Crippen LogP contribution in [0, 0.1) is 16.0 Å². The summed E-state index contributed by atoms with van der Waals surface area (Å²) in [5.74, 6) is -3.56. The molecule has 1 aromatic rings. The number of dihydropyridines is 1. The van der Waals surface area contributed by atoms with E-state index in [-0.39, 0.29) is 28.3 Å². The SMILES string of the molecule is CC1=C(C(=O)N[C@H](C(=O)OC(C)(C)C)C(C)C)C(c2cccc([N+](=O)[O-])c2)C(C(=O)N(C)C(=O)OC(C)(C)C)=C(C)N1. The standard InChI is InChI=1S/C30H42N4O8/c1-16(2)24(27(37)41-29(5,6)7)32-25(35)21-17(3)31-18(4)22(26(36)33(11)28(38)42-30(8,9)10)23(21)19-13-12-14-20(15-19)34(39)40/h12-16,23-24,31H,1-11H3,(H,32,35)/t23?,24-/m0/s1. The van der Waals surface area contributed by atoms with Gasteiger partial charge in [-0.3, -0.25) is 19.7 Å². The third kappa shape index (κ3) is 8.40. The van der Waals surface area contributed by atoms with Crippen LogP contribution in [0.25, 0.3) is 0 Å². The van der Waals surface area contributed by atoms with Gasteiger partial charge in [-0.25, -0.2) is 14.5 Å². The predicted molar refractivity (Wildman–Crippen MR) is 156 cm³/mol. The molecule has 42 heavy (non-hydrogen) atoms. The van der Waals surface area contributed by atoms with Crippen LogP contribution in [0.2, 0.25) is 0 Å². The second kappa shape index (κ2) is 12.7. The smallest absolute Gasteiger partial charge is 0.417 e. The fourth-order valence-electron chi connectivity index (χ4n) is 4.41. The number of hydrogen-bond donors (Lipinski definition) is 2. The molecule has 2 atom stereocenters. The number of allylic oxidation sites excluding steroid dienone is 2. The molecule has 1 aliphatic rings. The molecule has 230 valence electrons. The molecule has 0 spiro atoms. The third-order valence-corrected chi connectivity index (χ3v) is 6.24. The summed E-state index contributed by atoms with van der Waals surface area (Å²) in [6, 6.07) is 4.55. The molecule has 12 heteroatoms. The summed E-state index contributed by atoms with van der Waals surface area (Å²) in [4.78, 5) is 65.5. The average Bonchev–Trinajstić information content (AvgIpc) is 2.83. The molecule has 0 aliphatic carbocycles. The minimum atomic E-state index is -1.13. The summed E-state index contributed by atoms with van der Waals surface area (Å²) >= 11 is 0. The number of hydrogen-bond acceptors (Lipinski definition) is 9. The second-order valence-corrected chi connectivity index (χ2v) is 12.6. The number of carbonyl (C=O) groups excluding carboxylic acids is 4. The number of likely N-dealkylation sites (N-methyl/N-ethyl adjacent to an activating group) is 1. The Hall–Kier alpha value is -4.22. The van der Waals surface area contributed by atoms with Crippen molar-refractivity contribution in [3.63, 3.8) is 0 Å². The minimum absolute atomic E-state index is 0.0120. The van der Waals surface area contributed by atoms with Crippen molar-refractivity contribution in [2.75, 3.05) is 7.05 Å². The molecule has 0 saturated heterocycles. The van der Waals surface area contributed by atoms with Crippen LogP contribution in [-0.2, 0) is 23.9 Å². The van der Waals surface area contributed by atoms with Gasteiger partial charge in [-0.1, -0.05) is 26.0 Å². The Morgan fingerprint density at radius 3 is 2.02 bits per heavy atom. The quantitative estimate of drug-likeness (QED) is 0.262. The number of nitro benzene ring substituents is 1. The molecule has 3 amide bonds. The highest BCUT2D eigenvalue weighted by atomic mass is 16.6. The van der Waals surface area contributed by atoms with Crippen molar-refractivity contribution in [3.05, 3.63) is 62.5 Å². The van der Waals surface area contributed by atoms with Gasteiger partial charge in [-0.15, -0.1) is 0 Å². The van der Waals surface area contributed by atoms with E-state index in [2.05, 4.69) is 10.6 Å². The number of carbonyl (C=O) groups is 4. The molecular weight excluding hydrogens is 544 g/mol. The molecule has 0 bridgehead atoms. The first-order valence-electron chi connectivity index (χ1n) is 13.6. The van der Waals surface area contributed by atoms with Gasteiger partial charge in [0.25, 0.3) is 17.5 Å². The first-order chi connectivity index (χ1) is 19.1. The van der Waals surface area contributed by atoms with Crippen LogP contribution in [0.1, 0.15) is 80.7 Å². The summed E-state index contributed by atoms with van der Waals surface area (Å²) in [6.07, 6.45) is -0.910. The Kier molecular flexibility index (Phi) is 10.3. The van der Waals surface area contributed by atoms with Crippen LogP contribution in [0.15, 0.2) is 46.8 Å². The first kappa shape index (κ1) is 34.0. The van der Waals surface area contributed by atoms with E-state index in [1.807, 2.05) is 0 Å². The first-order valence-corrected chi connectivity index (χ1v) is 13.6. The summed E-state index contributed by atoms with van der Waals surface area (Å²) in [7, 11) is 1.25. The second-order valence-electron chi connectivity index (χ2n) is 12.6. The molecule has 0 aromatic heterocycles. The highest BCUT2D eigenvalue weighted by Crippen LogP contribution is 2.40. The summed E-state index contributed by atoms with van der Waals surface area (Å²) in [5.41, 5.74) is -0.884.